The summed E-state index contributed by atoms with van der Waals surface area (Å²) in [6.45, 7) is 4.12. The largest absolute Gasteiger partial charge is 0.493 e. The zero-order valence-corrected chi connectivity index (χ0v) is 15.6. The first-order valence-corrected chi connectivity index (χ1v) is 9.50. The molecule has 136 valence electrons. The van der Waals surface area contributed by atoms with Gasteiger partial charge in [-0.15, -0.1) is 0 Å². The number of sulfonamides is 1. The van der Waals surface area contributed by atoms with Gasteiger partial charge in [0.1, 0.15) is 5.76 Å². The fraction of sp³-hybridized carbons (Fsp3) is 0.471. The van der Waals surface area contributed by atoms with Crippen LogP contribution in [0.5, 0.6) is 11.5 Å². The van der Waals surface area contributed by atoms with Crippen molar-refractivity contribution >= 4 is 10.0 Å². The summed E-state index contributed by atoms with van der Waals surface area (Å²) < 4.78 is 43.6. The lowest BCUT2D eigenvalue weighted by molar-refractivity contribution is 0.353. The SMILES string of the molecule is COc1ccc(S(=O)(=O)N2CCC[C@@H]2c2c(C)noc2C)cc1OC. The zero-order valence-electron chi connectivity index (χ0n) is 14.8. The molecule has 1 saturated heterocycles. The number of rotatable bonds is 5. The first-order chi connectivity index (χ1) is 11.9. The maximum atomic E-state index is 13.2. The Bertz CT molecular complexity index is 856. The van der Waals surface area contributed by atoms with Crippen LogP contribution in [-0.4, -0.2) is 38.6 Å². The lowest BCUT2D eigenvalue weighted by atomic mass is 10.0. The average Bonchev–Trinajstić information content (AvgIpc) is 3.20. The van der Waals surface area contributed by atoms with Crippen molar-refractivity contribution in [1.29, 1.82) is 0 Å². The highest BCUT2D eigenvalue weighted by molar-refractivity contribution is 7.89. The van der Waals surface area contributed by atoms with E-state index in [1.165, 1.54) is 24.6 Å². The van der Waals surface area contributed by atoms with Crippen molar-refractivity contribution in [3.8, 4) is 11.5 Å². The third-order valence-corrected chi connectivity index (χ3v) is 6.49. The van der Waals surface area contributed by atoms with Crippen LogP contribution >= 0.6 is 0 Å². The second-order valence-electron chi connectivity index (χ2n) is 6.03. The number of aromatic nitrogens is 1. The molecule has 2 heterocycles. The summed E-state index contributed by atoms with van der Waals surface area (Å²) in [5, 5.41) is 3.97. The Hall–Kier alpha value is -2.06. The van der Waals surface area contributed by atoms with E-state index in [1.807, 2.05) is 13.8 Å². The summed E-state index contributed by atoms with van der Waals surface area (Å²) in [6.07, 6.45) is 1.54. The molecule has 2 aromatic rings. The fourth-order valence-corrected chi connectivity index (χ4v) is 5.08. The standard InChI is InChI=1S/C17H22N2O5S/c1-11-17(12(2)24-18-11)14-6-5-9-19(14)25(20,21)13-7-8-15(22-3)16(10-13)23-4/h7-8,10,14H,5-6,9H2,1-4H3/t14-/m1/s1. The molecule has 1 aliphatic rings. The Morgan fingerprint density at radius 3 is 2.52 bits per heavy atom. The molecule has 0 bridgehead atoms. The molecule has 0 amide bonds. The lowest BCUT2D eigenvalue weighted by Crippen LogP contribution is -2.31. The van der Waals surface area contributed by atoms with Gasteiger partial charge < -0.3 is 14.0 Å². The molecule has 0 radical (unpaired) electrons. The molecule has 0 unspecified atom stereocenters. The van der Waals surface area contributed by atoms with Gasteiger partial charge in [0.25, 0.3) is 0 Å². The van der Waals surface area contributed by atoms with Crippen molar-refractivity contribution in [3.05, 3.63) is 35.2 Å². The molecule has 0 N–H and O–H groups in total. The van der Waals surface area contributed by atoms with E-state index >= 15 is 0 Å². The number of benzene rings is 1. The molecule has 8 heteroatoms. The minimum absolute atomic E-state index is 0.184. The Labute approximate surface area is 147 Å². The molecular formula is C17H22N2O5S. The maximum Gasteiger partial charge on any atom is 0.243 e. The minimum Gasteiger partial charge on any atom is -0.493 e. The highest BCUT2D eigenvalue weighted by atomic mass is 32.2. The van der Waals surface area contributed by atoms with Crippen molar-refractivity contribution in [3.63, 3.8) is 0 Å². The van der Waals surface area contributed by atoms with Gasteiger partial charge >= 0.3 is 0 Å². The van der Waals surface area contributed by atoms with Gasteiger partial charge in [-0.1, -0.05) is 5.16 Å². The van der Waals surface area contributed by atoms with E-state index < -0.39 is 10.0 Å². The van der Waals surface area contributed by atoms with Crippen molar-refractivity contribution in [1.82, 2.24) is 9.46 Å². The second kappa shape index (κ2) is 6.68. The molecule has 1 aromatic carbocycles. The van der Waals surface area contributed by atoms with E-state index in [2.05, 4.69) is 5.16 Å². The Kier molecular flexibility index (Phi) is 4.75. The number of ether oxygens (including phenoxy) is 2. The van der Waals surface area contributed by atoms with Crippen LogP contribution in [0.3, 0.4) is 0 Å². The second-order valence-corrected chi connectivity index (χ2v) is 7.92. The molecule has 1 aliphatic heterocycles. The van der Waals surface area contributed by atoms with E-state index in [9.17, 15) is 8.42 Å². The lowest BCUT2D eigenvalue weighted by Gasteiger charge is -2.24. The van der Waals surface area contributed by atoms with Crippen LogP contribution in [0.15, 0.2) is 27.6 Å². The minimum atomic E-state index is -3.68. The summed E-state index contributed by atoms with van der Waals surface area (Å²) in [6, 6.07) is 4.38. The zero-order chi connectivity index (χ0) is 18.2. The summed E-state index contributed by atoms with van der Waals surface area (Å²) in [5.74, 6) is 1.54. The van der Waals surface area contributed by atoms with Gasteiger partial charge in [-0.25, -0.2) is 8.42 Å². The topological polar surface area (TPSA) is 81.9 Å². The van der Waals surface area contributed by atoms with Crippen molar-refractivity contribution < 1.29 is 22.4 Å². The summed E-state index contributed by atoms with van der Waals surface area (Å²) in [4.78, 5) is 0.184. The Balaban J connectivity index is 2.02. The Morgan fingerprint density at radius 1 is 1.20 bits per heavy atom. The highest BCUT2D eigenvalue weighted by Gasteiger charge is 2.39. The van der Waals surface area contributed by atoms with Crippen molar-refractivity contribution in [2.24, 2.45) is 0 Å². The number of aryl methyl sites for hydroxylation is 2. The van der Waals surface area contributed by atoms with Gasteiger partial charge in [0.2, 0.25) is 10.0 Å². The molecule has 7 nitrogen and oxygen atoms in total. The van der Waals surface area contributed by atoms with Crippen LogP contribution < -0.4 is 9.47 Å². The number of hydrogen-bond donors (Lipinski definition) is 0. The van der Waals surface area contributed by atoms with Gasteiger partial charge in [-0.3, -0.25) is 0 Å². The number of hydrogen-bond acceptors (Lipinski definition) is 6. The fourth-order valence-electron chi connectivity index (χ4n) is 3.39. The molecule has 3 rings (SSSR count). The smallest absolute Gasteiger partial charge is 0.243 e. The summed E-state index contributed by atoms with van der Waals surface area (Å²) >= 11 is 0. The first kappa shape index (κ1) is 17.8. The van der Waals surface area contributed by atoms with Crippen LogP contribution in [0.25, 0.3) is 0 Å². The molecule has 1 aromatic heterocycles. The molecule has 0 saturated carbocycles. The molecular weight excluding hydrogens is 344 g/mol. The average molecular weight is 366 g/mol. The van der Waals surface area contributed by atoms with E-state index in [1.54, 1.807) is 12.1 Å². The van der Waals surface area contributed by atoms with Crippen molar-refractivity contribution in [2.45, 2.75) is 37.6 Å². The third-order valence-electron chi connectivity index (χ3n) is 4.59. The molecule has 25 heavy (non-hydrogen) atoms. The predicted octanol–water partition coefficient (Wildman–Crippen LogP) is 2.83. The molecule has 0 aliphatic carbocycles. The van der Waals surface area contributed by atoms with Gasteiger partial charge in [0.05, 0.1) is 30.9 Å². The molecule has 0 spiro atoms. The van der Waals surface area contributed by atoms with Crippen LogP contribution in [0, 0.1) is 13.8 Å². The van der Waals surface area contributed by atoms with Crippen LogP contribution in [0.4, 0.5) is 0 Å². The van der Waals surface area contributed by atoms with E-state index in [4.69, 9.17) is 14.0 Å². The van der Waals surface area contributed by atoms with Crippen LogP contribution in [0.1, 0.15) is 35.9 Å². The van der Waals surface area contributed by atoms with E-state index in [0.717, 1.165) is 24.1 Å². The van der Waals surface area contributed by atoms with Crippen molar-refractivity contribution in [2.75, 3.05) is 20.8 Å². The predicted molar refractivity (Wildman–Crippen MR) is 91.4 cm³/mol. The number of methoxy groups -OCH3 is 2. The van der Waals surface area contributed by atoms with E-state index in [-0.39, 0.29) is 10.9 Å². The summed E-state index contributed by atoms with van der Waals surface area (Å²) in [5.41, 5.74) is 1.60. The number of nitrogens with zero attached hydrogens (tertiary/aromatic N) is 2. The quantitative estimate of drug-likeness (QED) is 0.809. The monoisotopic (exact) mass is 366 g/mol. The first-order valence-electron chi connectivity index (χ1n) is 8.06. The molecule has 1 fully saturated rings. The van der Waals surface area contributed by atoms with Gasteiger partial charge in [0, 0.05) is 18.2 Å². The van der Waals surface area contributed by atoms with E-state index in [0.29, 0.717) is 23.8 Å². The van der Waals surface area contributed by atoms with Crippen LogP contribution in [-0.2, 0) is 10.0 Å². The third kappa shape index (κ3) is 3.00. The summed E-state index contributed by atoms with van der Waals surface area (Å²) in [7, 11) is -0.680. The van der Waals surface area contributed by atoms with Gasteiger partial charge in [0.15, 0.2) is 11.5 Å². The Morgan fingerprint density at radius 2 is 1.92 bits per heavy atom. The van der Waals surface area contributed by atoms with Crippen LogP contribution in [0.2, 0.25) is 0 Å². The van der Waals surface area contributed by atoms with Gasteiger partial charge in [-0.05, 0) is 38.8 Å². The normalized spacial score (nSPS) is 18.5. The van der Waals surface area contributed by atoms with Gasteiger partial charge in [-0.2, -0.15) is 4.31 Å². The molecule has 1 atom stereocenters. The highest BCUT2D eigenvalue weighted by Crippen LogP contribution is 2.40. The maximum absolute atomic E-state index is 13.2.